The predicted molar refractivity (Wildman–Crippen MR) is 116 cm³/mol. The molecule has 0 fully saturated rings. The summed E-state index contributed by atoms with van der Waals surface area (Å²) in [4.78, 5) is 29.3. The molecule has 1 heterocycles. The minimum atomic E-state index is -0.481. The van der Waals surface area contributed by atoms with E-state index in [0.717, 1.165) is 0 Å². The molecular weight excluding hydrogens is 399 g/mol. The zero-order valence-electron chi connectivity index (χ0n) is 17.0. The highest BCUT2D eigenvalue weighted by Gasteiger charge is 2.21. The number of amides is 1. The highest BCUT2D eigenvalue weighted by molar-refractivity contribution is 6.32. The van der Waals surface area contributed by atoms with Gasteiger partial charge in [0.25, 0.3) is 5.91 Å². The number of rotatable bonds is 8. The number of allylic oxidation sites excluding steroid dienone is 4. The Morgan fingerprint density at radius 3 is 2.46 bits per heavy atom. The third-order valence-electron chi connectivity index (χ3n) is 3.52. The molecule has 1 amide bonds. The minimum Gasteiger partial charge on any atom is -0.320 e. The standard InChI is InChI=1S/C20H26Cl2N4O2/c1-7-9-23-19(13(5)21)26-17(11-18(22)25-26)20(28)24-16(8-2)15(14(6)27)10-12(3)4/h8-12H,7H2,1-6H3,(H,24,28)/b15-10-,16-8-,19-13-,23-9?. The highest BCUT2D eigenvalue weighted by Crippen LogP contribution is 2.21. The number of nitrogens with one attached hydrogen (secondary N) is 1. The molecule has 0 spiro atoms. The summed E-state index contributed by atoms with van der Waals surface area (Å²) >= 11 is 12.2. The molecule has 0 saturated heterocycles. The van der Waals surface area contributed by atoms with E-state index >= 15 is 0 Å². The fourth-order valence-electron chi connectivity index (χ4n) is 2.35. The van der Waals surface area contributed by atoms with Crippen molar-refractivity contribution in [2.24, 2.45) is 10.9 Å². The van der Waals surface area contributed by atoms with E-state index < -0.39 is 5.91 Å². The lowest BCUT2D eigenvalue weighted by Gasteiger charge is -2.14. The number of hydrogen-bond acceptors (Lipinski definition) is 4. The van der Waals surface area contributed by atoms with Crippen LogP contribution in [0.4, 0.5) is 0 Å². The molecule has 0 aliphatic heterocycles. The van der Waals surface area contributed by atoms with E-state index in [4.69, 9.17) is 23.2 Å². The van der Waals surface area contributed by atoms with Crippen molar-refractivity contribution in [1.29, 1.82) is 0 Å². The van der Waals surface area contributed by atoms with E-state index in [1.807, 2.05) is 26.8 Å². The topological polar surface area (TPSA) is 76.3 Å². The Labute approximate surface area is 176 Å². The van der Waals surface area contributed by atoms with Crippen LogP contribution in [0, 0.1) is 5.92 Å². The lowest BCUT2D eigenvalue weighted by atomic mass is 10.0. The van der Waals surface area contributed by atoms with Gasteiger partial charge in [-0.2, -0.15) is 5.10 Å². The predicted octanol–water partition coefficient (Wildman–Crippen LogP) is 5.21. The van der Waals surface area contributed by atoms with Gasteiger partial charge in [0, 0.05) is 23.6 Å². The summed E-state index contributed by atoms with van der Waals surface area (Å²) in [6.45, 7) is 10.7. The van der Waals surface area contributed by atoms with Gasteiger partial charge < -0.3 is 5.32 Å². The Balaban J connectivity index is 3.36. The first-order chi connectivity index (χ1) is 13.1. The summed E-state index contributed by atoms with van der Waals surface area (Å²) in [5.74, 6) is -0.182. The first kappa shape index (κ1) is 23.9. The maximum Gasteiger partial charge on any atom is 0.274 e. The lowest BCUT2D eigenvalue weighted by Crippen LogP contribution is -2.28. The molecule has 0 aromatic carbocycles. The zero-order valence-corrected chi connectivity index (χ0v) is 18.5. The number of halogens is 2. The van der Waals surface area contributed by atoms with E-state index in [1.165, 1.54) is 17.7 Å². The number of hydrogen-bond donors (Lipinski definition) is 1. The minimum absolute atomic E-state index is 0.124. The maximum absolute atomic E-state index is 12.9. The second-order valence-electron chi connectivity index (χ2n) is 6.38. The fraction of sp³-hybridized carbons (Fsp3) is 0.400. The maximum atomic E-state index is 12.9. The molecule has 0 aliphatic carbocycles. The van der Waals surface area contributed by atoms with E-state index in [2.05, 4.69) is 15.4 Å². The lowest BCUT2D eigenvalue weighted by molar-refractivity contribution is -0.113. The fourth-order valence-corrected chi connectivity index (χ4v) is 2.66. The number of carbonyl (C=O) groups excluding carboxylic acids is 2. The monoisotopic (exact) mass is 424 g/mol. The van der Waals surface area contributed by atoms with Crippen LogP contribution in [0.2, 0.25) is 5.15 Å². The summed E-state index contributed by atoms with van der Waals surface area (Å²) in [6, 6.07) is 1.42. The van der Waals surface area contributed by atoms with Gasteiger partial charge in [-0.05, 0) is 33.1 Å². The first-order valence-electron chi connectivity index (χ1n) is 8.97. The Kier molecular flexibility index (Phi) is 9.35. The van der Waals surface area contributed by atoms with Gasteiger partial charge in [-0.25, -0.2) is 9.67 Å². The third-order valence-corrected chi connectivity index (χ3v) is 3.88. The zero-order chi connectivity index (χ0) is 21.4. The smallest absolute Gasteiger partial charge is 0.274 e. The molecule has 0 bridgehead atoms. The number of Topliss-reactive ketones (excluding diaryl/α,β-unsaturated/α-hetero) is 1. The van der Waals surface area contributed by atoms with Crippen molar-refractivity contribution in [2.45, 2.75) is 48.0 Å². The average molecular weight is 425 g/mol. The third kappa shape index (κ3) is 6.46. The van der Waals surface area contributed by atoms with Gasteiger partial charge >= 0.3 is 0 Å². The van der Waals surface area contributed by atoms with Crippen LogP contribution >= 0.6 is 23.2 Å². The molecular formula is C20H26Cl2N4O2. The number of aromatic nitrogens is 2. The second kappa shape index (κ2) is 11.0. The molecule has 1 aromatic heterocycles. The van der Waals surface area contributed by atoms with Crippen LogP contribution < -0.4 is 5.32 Å². The van der Waals surface area contributed by atoms with Crippen LogP contribution in [0.25, 0.3) is 5.82 Å². The first-order valence-corrected chi connectivity index (χ1v) is 9.73. The molecule has 28 heavy (non-hydrogen) atoms. The van der Waals surface area contributed by atoms with Gasteiger partial charge in [-0.15, -0.1) is 0 Å². The van der Waals surface area contributed by atoms with Crippen molar-refractivity contribution in [3.63, 3.8) is 0 Å². The van der Waals surface area contributed by atoms with Crippen molar-refractivity contribution >= 4 is 46.9 Å². The Bertz CT molecular complexity index is 858. The average Bonchev–Trinajstić information content (AvgIpc) is 2.99. The molecule has 1 rings (SSSR count). The van der Waals surface area contributed by atoms with Crippen LogP contribution in [0.5, 0.6) is 0 Å². The summed E-state index contributed by atoms with van der Waals surface area (Å²) < 4.78 is 1.29. The van der Waals surface area contributed by atoms with Gasteiger partial charge in [0.15, 0.2) is 16.8 Å². The van der Waals surface area contributed by atoms with Crippen LogP contribution in [-0.2, 0) is 4.79 Å². The van der Waals surface area contributed by atoms with Crippen molar-refractivity contribution in [3.8, 4) is 0 Å². The number of ketones is 1. The van der Waals surface area contributed by atoms with Crippen molar-refractivity contribution in [3.05, 3.63) is 45.4 Å². The summed E-state index contributed by atoms with van der Waals surface area (Å²) in [6.07, 6.45) is 5.83. The molecule has 0 unspecified atom stereocenters. The quantitative estimate of drug-likeness (QED) is 0.353. The van der Waals surface area contributed by atoms with Crippen LogP contribution in [0.15, 0.2) is 39.5 Å². The Morgan fingerprint density at radius 2 is 2.00 bits per heavy atom. The highest BCUT2D eigenvalue weighted by atomic mass is 35.5. The molecule has 8 heteroatoms. The van der Waals surface area contributed by atoms with E-state index in [-0.39, 0.29) is 22.5 Å². The van der Waals surface area contributed by atoms with E-state index in [9.17, 15) is 9.59 Å². The molecule has 1 N–H and O–H groups in total. The van der Waals surface area contributed by atoms with Crippen LogP contribution in [-0.4, -0.2) is 27.7 Å². The molecule has 0 saturated carbocycles. The summed E-state index contributed by atoms with van der Waals surface area (Å²) in [5, 5.41) is 7.38. The van der Waals surface area contributed by atoms with E-state index in [0.29, 0.717) is 28.5 Å². The molecule has 0 aliphatic rings. The van der Waals surface area contributed by atoms with Gasteiger partial charge in [0.2, 0.25) is 0 Å². The van der Waals surface area contributed by atoms with Crippen LogP contribution in [0.1, 0.15) is 58.5 Å². The van der Waals surface area contributed by atoms with Gasteiger partial charge in [-0.1, -0.05) is 56.1 Å². The molecule has 0 atom stereocenters. The summed E-state index contributed by atoms with van der Waals surface area (Å²) in [7, 11) is 0. The molecule has 0 radical (unpaired) electrons. The van der Waals surface area contributed by atoms with Crippen molar-refractivity contribution in [1.82, 2.24) is 15.1 Å². The van der Waals surface area contributed by atoms with Crippen molar-refractivity contribution in [2.75, 3.05) is 0 Å². The van der Waals surface area contributed by atoms with Crippen LogP contribution in [0.3, 0.4) is 0 Å². The number of carbonyl (C=O) groups is 2. The normalized spacial score (nSPS) is 13.9. The van der Waals surface area contributed by atoms with Gasteiger partial charge in [0.1, 0.15) is 5.69 Å². The summed E-state index contributed by atoms with van der Waals surface area (Å²) in [5.41, 5.74) is 1.01. The van der Waals surface area contributed by atoms with Gasteiger partial charge in [0.05, 0.1) is 5.03 Å². The SMILES string of the molecule is C/C=C(NC(=O)c1cc(Cl)nn1/C(N=CCC)=C(/C)Cl)/C(=C\C(C)C)C(C)=O. The Morgan fingerprint density at radius 1 is 1.36 bits per heavy atom. The number of aliphatic imine (C=N–C) groups is 1. The van der Waals surface area contributed by atoms with E-state index in [1.54, 1.807) is 26.1 Å². The van der Waals surface area contributed by atoms with Gasteiger partial charge in [-0.3, -0.25) is 9.59 Å². The second-order valence-corrected chi connectivity index (χ2v) is 7.33. The van der Waals surface area contributed by atoms with Crippen molar-refractivity contribution < 1.29 is 9.59 Å². The molecule has 152 valence electrons. The molecule has 6 nitrogen and oxygen atoms in total. The number of nitrogens with zero attached hydrogens (tertiary/aromatic N) is 3. The largest absolute Gasteiger partial charge is 0.320 e. The molecule has 1 aromatic rings. The Hall–Kier alpha value is -2.18.